The minimum Gasteiger partial charge on any atom is -0.465 e. The zero-order chi connectivity index (χ0) is 10.7. The van der Waals surface area contributed by atoms with Gasteiger partial charge in [0.1, 0.15) is 0 Å². The molecule has 0 radical (unpaired) electrons. The summed E-state index contributed by atoms with van der Waals surface area (Å²) in [6.07, 6.45) is 0. The zero-order valence-electron chi connectivity index (χ0n) is 8.56. The summed E-state index contributed by atoms with van der Waals surface area (Å²) in [5.41, 5.74) is 3.61. The number of alkyl halides is 1. The van der Waals surface area contributed by atoms with Crippen LogP contribution in [-0.4, -0.2) is 13.1 Å². The van der Waals surface area contributed by atoms with Gasteiger partial charge < -0.3 is 4.74 Å². The molecule has 2 nitrogen and oxygen atoms in total. The SMILES string of the molecule is COC(=O)c1ccc(C)c(CCl)c1C. The summed E-state index contributed by atoms with van der Waals surface area (Å²) in [6.45, 7) is 3.86. The molecule has 1 aromatic rings. The van der Waals surface area contributed by atoms with Crippen LogP contribution in [0.1, 0.15) is 27.0 Å². The van der Waals surface area contributed by atoms with E-state index in [2.05, 4.69) is 4.74 Å². The van der Waals surface area contributed by atoms with Crippen molar-refractivity contribution in [3.63, 3.8) is 0 Å². The van der Waals surface area contributed by atoms with Gasteiger partial charge in [0.25, 0.3) is 0 Å². The predicted octanol–water partition coefficient (Wildman–Crippen LogP) is 2.83. The number of carbonyl (C=O) groups excluding carboxylic acids is 1. The molecule has 0 aromatic heterocycles. The number of benzene rings is 1. The van der Waals surface area contributed by atoms with E-state index in [1.807, 2.05) is 19.9 Å². The minimum absolute atomic E-state index is 0.311. The van der Waals surface area contributed by atoms with Crippen molar-refractivity contribution in [3.05, 3.63) is 34.4 Å². The number of hydrogen-bond donors (Lipinski definition) is 0. The second-order valence-corrected chi connectivity index (χ2v) is 3.43. The van der Waals surface area contributed by atoms with Gasteiger partial charge in [-0.05, 0) is 36.6 Å². The average Bonchev–Trinajstić information content (AvgIpc) is 2.18. The largest absolute Gasteiger partial charge is 0.465 e. The van der Waals surface area contributed by atoms with Crippen molar-refractivity contribution in [2.45, 2.75) is 19.7 Å². The van der Waals surface area contributed by atoms with Gasteiger partial charge in [-0.15, -0.1) is 11.6 Å². The zero-order valence-corrected chi connectivity index (χ0v) is 9.31. The topological polar surface area (TPSA) is 26.3 Å². The van der Waals surface area contributed by atoms with E-state index < -0.39 is 0 Å². The Kier molecular flexibility index (Phi) is 3.53. The maximum atomic E-state index is 11.3. The van der Waals surface area contributed by atoms with E-state index in [0.717, 1.165) is 16.7 Å². The maximum Gasteiger partial charge on any atom is 0.338 e. The fourth-order valence-electron chi connectivity index (χ4n) is 1.43. The summed E-state index contributed by atoms with van der Waals surface area (Å²) in [5, 5.41) is 0. The van der Waals surface area contributed by atoms with Gasteiger partial charge in [0.15, 0.2) is 0 Å². The molecule has 0 N–H and O–H groups in total. The van der Waals surface area contributed by atoms with Crippen molar-refractivity contribution in [2.24, 2.45) is 0 Å². The number of carbonyl (C=O) groups is 1. The van der Waals surface area contributed by atoms with E-state index in [1.54, 1.807) is 6.07 Å². The van der Waals surface area contributed by atoms with Gasteiger partial charge in [-0.3, -0.25) is 0 Å². The number of hydrogen-bond acceptors (Lipinski definition) is 2. The summed E-state index contributed by atoms with van der Waals surface area (Å²) in [5.74, 6) is 0.108. The van der Waals surface area contributed by atoms with Crippen molar-refractivity contribution in [2.75, 3.05) is 7.11 Å². The van der Waals surface area contributed by atoms with Gasteiger partial charge in [0.05, 0.1) is 12.7 Å². The smallest absolute Gasteiger partial charge is 0.338 e. The second kappa shape index (κ2) is 4.47. The van der Waals surface area contributed by atoms with E-state index in [1.165, 1.54) is 7.11 Å². The molecule has 0 aliphatic rings. The number of ether oxygens (including phenoxy) is 1. The molecule has 0 amide bonds. The molecule has 0 fully saturated rings. The minimum atomic E-state index is -0.311. The average molecular weight is 213 g/mol. The number of methoxy groups -OCH3 is 1. The highest BCUT2D eigenvalue weighted by molar-refractivity contribution is 6.17. The summed E-state index contributed by atoms with van der Waals surface area (Å²) < 4.78 is 4.67. The molecule has 0 saturated heterocycles. The Morgan fingerprint density at radius 2 is 2.07 bits per heavy atom. The first-order valence-electron chi connectivity index (χ1n) is 4.35. The normalized spacial score (nSPS) is 10.0. The molecule has 3 heteroatoms. The van der Waals surface area contributed by atoms with Crippen molar-refractivity contribution < 1.29 is 9.53 Å². The van der Waals surface area contributed by atoms with Gasteiger partial charge in [0, 0.05) is 5.88 Å². The summed E-state index contributed by atoms with van der Waals surface area (Å²) in [4.78, 5) is 11.3. The molecule has 14 heavy (non-hydrogen) atoms. The van der Waals surface area contributed by atoms with Crippen molar-refractivity contribution >= 4 is 17.6 Å². The highest BCUT2D eigenvalue weighted by Crippen LogP contribution is 2.20. The van der Waals surface area contributed by atoms with E-state index in [-0.39, 0.29) is 5.97 Å². The lowest BCUT2D eigenvalue weighted by Gasteiger charge is -2.10. The first kappa shape index (κ1) is 11.1. The van der Waals surface area contributed by atoms with Crippen LogP contribution in [0.15, 0.2) is 12.1 Å². The summed E-state index contributed by atoms with van der Waals surface area (Å²) in [7, 11) is 1.38. The quantitative estimate of drug-likeness (QED) is 0.557. The van der Waals surface area contributed by atoms with Crippen molar-refractivity contribution in [1.82, 2.24) is 0 Å². The van der Waals surface area contributed by atoms with E-state index in [0.29, 0.717) is 11.4 Å². The summed E-state index contributed by atoms with van der Waals surface area (Å²) in [6, 6.07) is 3.66. The Morgan fingerprint density at radius 3 is 2.57 bits per heavy atom. The molecule has 1 aromatic carbocycles. The molecular weight excluding hydrogens is 200 g/mol. The Hall–Kier alpha value is -1.02. The van der Waals surface area contributed by atoms with Crippen LogP contribution < -0.4 is 0 Å². The fraction of sp³-hybridized carbons (Fsp3) is 0.364. The highest BCUT2D eigenvalue weighted by Gasteiger charge is 2.12. The van der Waals surface area contributed by atoms with E-state index >= 15 is 0 Å². The Morgan fingerprint density at radius 1 is 1.43 bits per heavy atom. The van der Waals surface area contributed by atoms with Crippen LogP contribution in [0.5, 0.6) is 0 Å². The van der Waals surface area contributed by atoms with E-state index in [4.69, 9.17) is 11.6 Å². The maximum absolute atomic E-state index is 11.3. The van der Waals surface area contributed by atoms with Crippen LogP contribution in [0.25, 0.3) is 0 Å². The van der Waals surface area contributed by atoms with Crippen LogP contribution in [0.3, 0.4) is 0 Å². The van der Waals surface area contributed by atoms with Gasteiger partial charge in [-0.2, -0.15) is 0 Å². The Balaban J connectivity index is 3.28. The third kappa shape index (κ3) is 1.90. The summed E-state index contributed by atoms with van der Waals surface area (Å²) >= 11 is 5.81. The molecule has 0 heterocycles. The molecule has 0 aliphatic carbocycles. The van der Waals surface area contributed by atoms with Gasteiger partial charge in [-0.25, -0.2) is 4.79 Å². The van der Waals surface area contributed by atoms with Crippen LogP contribution in [0.4, 0.5) is 0 Å². The van der Waals surface area contributed by atoms with Gasteiger partial charge in [0.2, 0.25) is 0 Å². The monoisotopic (exact) mass is 212 g/mol. The lowest BCUT2D eigenvalue weighted by Crippen LogP contribution is -2.06. The van der Waals surface area contributed by atoms with E-state index in [9.17, 15) is 4.79 Å². The molecule has 76 valence electrons. The molecule has 0 saturated carbocycles. The predicted molar refractivity (Wildman–Crippen MR) is 56.8 cm³/mol. The van der Waals surface area contributed by atoms with Gasteiger partial charge in [-0.1, -0.05) is 6.07 Å². The van der Waals surface area contributed by atoms with Crippen LogP contribution >= 0.6 is 11.6 Å². The number of aryl methyl sites for hydroxylation is 1. The lowest BCUT2D eigenvalue weighted by atomic mass is 9.99. The Bertz CT molecular complexity index is 359. The molecule has 0 spiro atoms. The first-order valence-corrected chi connectivity index (χ1v) is 4.88. The molecule has 0 atom stereocenters. The van der Waals surface area contributed by atoms with Gasteiger partial charge >= 0.3 is 5.97 Å². The van der Waals surface area contributed by atoms with Crippen LogP contribution in [0.2, 0.25) is 0 Å². The second-order valence-electron chi connectivity index (χ2n) is 3.16. The molecule has 0 unspecified atom stereocenters. The van der Waals surface area contributed by atoms with Crippen molar-refractivity contribution in [1.29, 1.82) is 0 Å². The van der Waals surface area contributed by atoms with Crippen LogP contribution in [0, 0.1) is 13.8 Å². The highest BCUT2D eigenvalue weighted by atomic mass is 35.5. The Labute approximate surface area is 88.8 Å². The first-order chi connectivity index (χ1) is 6.61. The number of rotatable bonds is 2. The molecule has 1 rings (SSSR count). The molecule has 0 bridgehead atoms. The van der Waals surface area contributed by atoms with Crippen molar-refractivity contribution in [3.8, 4) is 0 Å². The molecular formula is C11H13ClO2. The standard InChI is InChI=1S/C11H13ClO2/c1-7-4-5-9(11(13)14-3)8(2)10(7)6-12/h4-5H,6H2,1-3H3. The fourth-order valence-corrected chi connectivity index (χ4v) is 1.84. The lowest BCUT2D eigenvalue weighted by molar-refractivity contribution is 0.0600. The number of halogens is 1. The third-order valence-electron chi connectivity index (χ3n) is 2.37. The van der Waals surface area contributed by atoms with Crippen LogP contribution in [-0.2, 0) is 10.6 Å². The molecule has 0 aliphatic heterocycles. The third-order valence-corrected chi connectivity index (χ3v) is 2.64. The number of esters is 1.